The molecule has 3 aliphatic heterocycles. The molecular weight excluding hydrogens is 458 g/mol. The number of benzene rings is 1. The van der Waals surface area contributed by atoms with Gasteiger partial charge >= 0.3 is 12.0 Å². The summed E-state index contributed by atoms with van der Waals surface area (Å²) in [5, 5.41) is 15.5. The minimum absolute atomic E-state index is 0.0400. The molecule has 0 aromatic heterocycles. The van der Waals surface area contributed by atoms with Crippen LogP contribution in [0.15, 0.2) is 64.0 Å². The molecule has 0 aliphatic carbocycles. The highest BCUT2D eigenvalue weighted by Crippen LogP contribution is 2.25. The van der Waals surface area contributed by atoms with Gasteiger partial charge in [-0.3, -0.25) is 9.79 Å². The molecule has 2 unspecified atom stereocenters. The number of dihydropyridines is 1. The molecule has 1 aromatic rings. The quantitative estimate of drug-likeness (QED) is 0.454. The number of amidine groups is 1. The largest absolute Gasteiger partial charge is 0.480 e. The zero-order valence-corrected chi connectivity index (χ0v) is 19.5. The van der Waals surface area contributed by atoms with E-state index in [9.17, 15) is 23.1 Å². The Kier molecular flexibility index (Phi) is 7.32. The molecule has 0 radical (unpaired) electrons. The van der Waals surface area contributed by atoms with Crippen molar-refractivity contribution in [1.29, 1.82) is 0 Å². The third kappa shape index (κ3) is 5.65. The molecule has 10 nitrogen and oxygen atoms in total. The van der Waals surface area contributed by atoms with Crippen LogP contribution in [0.5, 0.6) is 0 Å². The Balaban J connectivity index is 1.27. The molecule has 0 bridgehead atoms. The highest BCUT2D eigenvalue weighted by molar-refractivity contribution is 7.89. The van der Waals surface area contributed by atoms with Crippen LogP contribution in [-0.2, 0) is 14.8 Å². The van der Waals surface area contributed by atoms with Gasteiger partial charge in [0.05, 0.1) is 4.90 Å². The van der Waals surface area contributed by atoms with Crippen LogP contribution < -0.4 is 15.4 Å². The maximum Gasteiger partial charge on any atom is 0.323 e. The molecule has 34 heavy (non-hydrogen) atoms. The molecule has 0 spiro atoms. The van der Waals surface area contributed by atoms with Gasteiger partial charge in [0.2, 0.25) is 10.0 Å². The molecule has 4 rings (SSSR count). The van der Waals surface area contributed by atoms with Crippen molar-refractivity contribution in [1.82, 2.24) is 20.3 Å². The molecule has 1 fully saturated rings. The summed E-state index contributed by atoms with van der Waals surface area (Å²) in [7, 11) is -4.03. The average molecular weight is 488 g/mol. The number of carboxylic acids is 1. The highest BCUT2D eigenvalue weighted by atomic mass is 32.2. The Bertz CT molecular complexity index is 1110. The summed E-state index contributed by atoms with van der Waals surface area (Å²) in [6.07, 6.45) is 9.00. The number of nitrogens with zero attached hydrogens (tertiary/aromatic N) is 2. The van der Waals surface area contributed by atoms with Crippen molar-refractivity contribution >= 4 is 27.9 Å². The van der Waals surface area contributed by atoms with Crippen LogP contribution in [0.25, 0.3) is 0 Å². The lowest BCUT2D eigenvalue weighted by atomic mass is 9.87. The number of sulfonamides is 1. The molecule has 1 saturated heterocycles. The first-order chi connectivity index (χ1) is 16.3. The van der Waals surface area contributed by atoms with E-state index in [0.717, 1.165) is 37.2 Å². The smallest absolute Gasteiger partial charge is 0.323 e. The Morgan fingerprint density at radius 2 is 1.94 bits per heavy atom. The number of fused-ring (bicyclic) bond motifs is 1. The lowest BCUT2D eigenvalue weighted by Gasteiger charge is -2.37. The number of carboxylic acid groups (broad SMARTS) is 1. The molecule has 11 heteroatoms. The standard InChI is InChI=1S/C23H29N5O5S/c29-22(30)20(27-34(32,33)18-6-2-1-3-7-18)15-25-23(31)28-13-10-16(11-14-28)19-9-8-17-5-4-12-24-21(17)26-19/h1-3,5-9,16,19-20,27H,4,10-15H2,(H,24,26)(H,25,31)(H,29,30). The molecule has 1 aromatic carbocycles. The van der Waals surface area contributed by atoms with E-state index >= 15 is 0 Å². The second kappa shape index (κ2) is 10.4. The van der Waals surface area contributed by atoms with Gasteiger partial charge in [-0.25, -0.2) is 13.2 Å². The SMILES string of the molecule is O=C(O)C(CNC(=O)N1CCC(C2C=CC3=CCCN=C3N2)CC1)NS(=O)(=O)c1ccccc1. The zero-order chi connectivity index (χ0) is 24.1. The number of aliphatic imine (C=N–C) groups is 1. The first-order valence-corrected chi connectivity index (χ1v) is 12.8. The van der Waals surface area contributed by atoms with Gasteiger partial charge in [0.1, 0.15) is 11.9 Å². The zero-order valence-electron chi connectivity index (χ0n) is 18.7. The number of urea groups is 1. The molecule has 3 aliphatic rings. The van der Waals surface area contributed by atoms with Crippen molar-refractivity contribution in [3.63, 3.8) is 0 Å². The number of amides is 2. The normalized spacial score (nSPS) is 21.5. The van der Waals surface area contributed by atoms with Crippen LogP contribution >= 0.6 is 0 Å². The summed E-state index contributed by atoms with van der Waals surface area (Å²) in [6, 6.07) is 5.79. The summed E-state index contributed by atoms with van der Waals surface area (Å²) in [4.78, 5) is 30.4. The van der Waals surface area contributed by atoms with Crippen LogP contribution in [0.4, 0.5) is 4.79 Å². The van der Waals surface area contributed by atoms with E-state index < -0.39 is 28.1 Å². The molecule has 0 saturated carbocycles. The lowest BCUT2D eigenvalue weighted by Crippen LogP contribution is -2.53. The Morgan fingerprint density at radius 1 is 1.21 bits per heavy atom. The summed E-state index contributed by atoms with van der Waals surface area (Å²) in [6.45, 7) is 1.50. The van der Waals surface area contributed by atoms with Crippen molar-refractivity contribution in [2.45, 2.75) is 36.2 Å². The van der Waals surface area contributed by atoms with E-state index in [1.165, 1.54) is 12.1 Å². The average Bonchev–Trinajstić information content (AvgIpc) is 2.86. The van der Waals surface area contributed by atoms with Gasteiger partial charge in [-0.2, -0.15) is 4.72 Å². The van der Waals surface area contributed by atoms with Gasteiger partial charge in [-0.15, -0.1) is 0 Å². The van der Waals surface area contributed by atoms with E-state index in [1.54, 1.807) is 23.1 Å². The summed E-state index contributed by atoms with van der Waals surface area (Å²) in [5.41, 5.74) is 1.13. The van der Waals surface area contributed by atoms with Gasteiger partial charge < -0.3 is 20.6 Å². The van der Waals surface area contributed by atoms with Crippen LogP contribution in [0.2, 0.25) is 0 Å². The predicted molar refractivity (Wildman–Crippen MR) is 127 cm³/mol. The van der Waals surface area contributed by atoms with Crippen molar-refractivity contribution in [2.75, 3.05) is 26.2 Å². The number of rotatable bonds is 7. The Labute approximate surface area is 198 Å². The number of carbonyl (C=O) groups is 2. The molecule has 4 N–H and O–H groups in total. The molecule has 182 valence electrons. The summed E-state index contributed by atoms with van der Waals surface area (Å²) in [5.74, 6) is -0.0692. The fraction of sp³-hybridized carbons (Fsp3) is 0.435. The first-order valence-electron chi connectivity index (χ1n) is 11.4. The fourth-order valence-electron chi connectivity index (χ4n) is 4.35. The number of aliphatic carboxylic acids is 1. The maximum atomic E-state index is 12.6. The first kappa shape index (κ1) is 24.0. The Morgan fingerprint density at radius 3 is 2.65 bits per heavy atom. The van der Waals surface area contributed by atoms with E-state index in [0.29, 0.717) is 19.0 Å². The third-order valence-electron chi connectivity index (χ3n) is 6.26. The van der Waals surface area contributed by atoms with Gasteiger partial charge in [-0.1, -0.05) is 36.4 Å². The van der Waals surface area contributed by atoms with E-state index in [2.05, 4.69) is 38.6 Å². The molecular formula is C23H29N5O5S. The fourth-order valence-corrected chi connectivity index (χ4v) is 5.56. The van der Waals surface area contributed by atoms with Crippen LogP contribution in [-0.4, -0.2) is 74.5 Å². The van der Waals surface area contributed by atoms with Gasteiger partial charge in [0.25, 0.3) is 0 Å². The van der Waals surface area contributed by atoms with Crippen molar-refractivity contribution in [3.05, 3.63) is 54.1 Å². The van der Waals surface area contributed by atoms with Crippen LogP contribution in [0.1, 0.15) is 19.3 Å². The third-order valence-corrected chi connectivity index (χ3v) is 7.75. The number of hydrogen-bond donors (Lipinski definition) is 4. The number of hydrogen-bond acceptors (Lipinski definition) is 6. The van der Waals surface area contributed by atoms with Crippen LogP contribution in [0, 0.1) is 5.92 Å². The van der Waals surface area contributed by atoms with E-state index in [1.807, 2.05) is 0 Å². The topological polar surface area (TPSA) is 140 Å². The van der Waals surface area contributed by atoms with E-state index in [4.69, 9.17) is 0 Å². The lowest BCUT2D eigenvalue weighted by molar-refractivity contribution is -0.138. The molecule has 2 amide bonds. The predicted octanol–water partition coefficient (Wildman–Crippen LogP) is 1.10. The molecule has 3 heterocycles. The Hall–Kier alpha value is -3.18. The maximum absolute atomic E-state index is 12.6. The number of piperidine rings is 1. The second-order valence-corrected chi connectivity index (χ2v) is 10.3. The number of likely N-dealkylation sites (tertiary alicyclic amines) is 1. The van der Waals surface area contributed by atoms with Crippen molar-refractivity contribution < 1.29 is 23.1 Å². The highest BCUT2D eigenvalue weighted by Gasteiger charge is 2.31. The monoisotopic (exact) mass is 487 g/mol. The summed E-state index contributed by atoms with van der Waals surface area (Å²) >= 11 is 0. The minimum atomic E-state index is -4.03. The van der Waals surface area contributed by atoms with Gasteiger partial charge in [0.15, 0.2) is 0 Å². The van der Waals surface area contributed by atoms with Gasteiger partial charge in [-0.05, 0) is 37.3 Å². The van der Waals surface area contributed by atoms with Crippen molar-refractivity contribution in [3.8, 4) is 0 Å². The second-order valence-electron chi connectivity index (χ2n) is 8.54. The van der Waals surface area contributed by atoms with Crippen molar-refractivity contribution in [2.24, 2.45) is 10.9 Å². The van der Waals surface area contributed by atoms with E-state index in [-0.39, 0.29) is 17.5 Å². The minimum Gasteiger partial charge on any atom is -0.480 e. The number of carbonyl (C=O) groups excluding carboxylic acids is 1. The summed E-state index contributed by atoms with van der Waals surface area (Å²) < 4.78 is 27.0. The molecule has 2 atom stereocenters. The number of nitrogens with one attached hydrogen (secondary N) is 3. The van der Waals surface area contributed by atoms with Crippen LogP contribution in [0.3, 0.4) is 0 Å². The van der Waals surface area contributed by atoms with Gasteiger partial charge in [0, 0.05) is 37.8 Å².